The second-order valence-electron chi connectivity index (χ2n) is 1.91. The number of nitrogens with zero attached hydrogens (tertiary/aromatic N) is 3. The Morgan fingerprint density at radius 3 is 2.67 bits per heavy atom. The fraction of sp³-hybridized carbons (Fsp3) is 0.333. The van der Waals surface area contributed by atoms with Crippen LogP contribution in [0.5, 0.6) is 0 Å². The Labute approximate surface area is 54.4 Å². The van der Waals surface area contributed by atoms with Crippen LogP contribution in [-0.2, 0) is 0 Å². The lowest BCUT2D eigenvalue weighted by Gasteiger charge is -2.08. The smallest absolute Gasteiger partial charge is 0.199 e. The van der Waals surface area contributed by atoms with Gasteiger partial charge >= 0.3 is 0 Å². The highest BCUT2D eigenvalue weighted by Crippen LogP contribution is 2.00. The van der Waals surface area contributed by atoms with Crippen LogP contribution in [0.15, 0.2) is 12.3 Å². The maximum atomic E-state index is 3.87. The van der Waals surface area contributed by atoms with E-state index in [0.717, 1.165) is 5.82 Å². The maximum absolute atomic E-state index is 3.87. The van der Waals surface area contributed by atoms with Gasteiger partial charge in [0.05, 0.1) is 0 Å². The molecule has 1 aromatic heterocycles. The molecule has 0 aliphatic rings. The van der Waals surface area contributed by atoms with E-state index in [4.69, 9.17) is 0 Å². The average Bonchev–Trinajstić information content (AvgIpc) is 1.90. The van der Waals surface area contributed by atoms with Gasteiger partial charge in [0.25, 0.3) is 0 Å². The zero-order chi connectivity index (χ0) is 6.69. The van der Waals surface area contributed by atoms with Crippen LogP contribution in [0.1, 0.15) is 0 Å². The molecule has 0 aliphatic heterocycles. The van der Waals surface area contributed by atoms with Crippen LogP contribution in [-0.4, -0.2) is 24.1 Å². The first-order chi connectivity index (χ1) is 4.30. The maximum Gasteiger partial charge on any atom is 0.199 e. The SMILES string of the molecule is CN(C)c1ccn[c]n1. The van der Waals surface area contributed by atoms with Crippen LogP contribution in [0.3, 0.4) is 0 Å². The van der Waals surface area contributed by atoms with E-state index in [2.05, 4.69) is 16.3 Å². The van der Waals surface area contributed by atoms with Crippen molar-refractivity contribution >= 4 is 5.82 Å². The molecule has 0 fully saturated rings. The zero-order valence-corrected chi connectivity index (χ0v) is 5.50. The van der Waals surface area contributed by atoms with Crippen LogP contribution in [0.25, 0.3) is 0 Å². The molecule has 1 heterocycles. The third-order valence-electron chi connectivity index (χ3n) is 0.979. The second kappa shape index (κ2) is 2.44. The van der Waals surface area contributed by atoms with E-state index in [1.165, 1.54) is 0 Å². The third-order valence-corrected chi connectivity index (χ3v) is 0.979. The Bertz CT molecular complexity index is 171. The van der Waals surface area contributed by atoms with E-state index >= 15 is 0 Å². The topological polar surface area (TPSA) is 29.0 Å². The minimum atomic E-state index is 0.880. The molecule has 3 heteroatoms. The first-order valence-corrected chi connectivity index (χ1v) is 2.67. The van der Waals surface area contributed by atoms with Gasteiger partial charge in [-0.15, -0.1) is 0 Å². The lowest BCUT2D eigenvalue weighted by Crippen LogP contribution is -2.10. The molecule has 0 amide bonds. The molecule has 0 atom stereocenters. The predicted molar refractivity (Wildman–Crippen MR) is 35.2 cm³/mol. The molecule has 0 bridgehead atoms. The molecular weight excluding hydrogens is 114 g/mol. The number of hydrogen-bond acceptors (Lipinski definition) is 3. The van der Waals surface area contributed by atoms with E-state index in [-0.39, 0.29) is 0 Å². The highest BCUT2D eigenvalue weighted by Gasteiger charge is 1.90. The highest BCUT2D eigenvalue weighted by molar-refractivity contribution is 5.33. The average molecular weight is 122 g/mol. The molecule has 9 heavy (non-hydrogen) atoms. The van der Waals surface area contributed by atoms with Gasteiger partial charge in [-0.3, -0.25) is 0 Å². The molecule has 0 aliphatic carbocycles. The Kier molecular flexibility index (Phi) is 1.63. The van der Waals surface area contributed by atoms with Gasteiger partial charge in [0.1, 0.15) is 5.82 Å². The van der Waals surface area contributed by atoms with Crippen LogP contribution in [0.4, 0.5) is 5.82 Å². The van der Waals surface area contributed by atoms with Gasteiger partial charge in [-0.05, 0) is 6.07 Å². The van der Waals surface area contributed by atoms with Crippen molar-refractivity contribution in [2.24, 2.45) is 0 Å². The molecule has 0 aromatic carbocycles. The summed E-state index contributed by atoms with van der Waals surface area (Å²) in [6.07, 6.45) is 4.17. The molecule has 47 valence electrons. The van der Waals surface area contributed by atoms with Gasteiger partial charge in [0.2, 0.25) is 0 Å². The number of anilines is 1. The van der Waals surface area contributed by atoms with E-state index < -0.39 is 0 Å². The predicted octanol–water partition coefficient (Wildman–Crippen LogP) is 0.343. The van der Waals surface area contributed by atoms with Gasteiger partial charge in [0.15, 0.2) is 6.33 Å². The molecule has 0 unspecified atom stereocenters. The van der Waals surface area contributed by atoms with E-state index in [1.807, 2.05) is 25.1 Å². The second-order valence-corrected chi connectivity index (χ2v) is 1.91. The highest BCUT2D eigenvalue weighted by atomic mass is 15.1. The van der Waals surface area contributed by atoms with Crippen molar-refractivity contribution in [3.8, 4) is 0 Å². The van der Waals surface area contributed by atoms with Gasteiger partial charge in [-0.25, -0.2) is 9.97 Å². The van der Waals surface area contributed by atoms with Crippen LogP contribution >= 0.6 is 0 Å². The van der Waals surface area contributed by atoms with Crippen molar-refractivity contribution in [3.05, 3.63) is 18.6 Å². The minimum Gasteiger partial charge on any atom is -0.363 e. The molecule has 1 aromatic rings. The summed E-state index contributed by atoms with van der Waals surface area (Å²) in [7, 11) is 3.85. The molecule has 0 spiro atoms. The van der Waals surface area contributed by atoms with Crippen molar-refractivity contribution in [2.75, 3.05) is 19.0 Å². The lowest BCUT2D eigenvalue weighted by atomic mass is 10.5. The Balaban J connectivity index is 2.85. The summed E-state index contributed by atoms with van der Waals surface area (Å²) in [6, 6.07) is 1.83. The summed E-state index contributed by atoms with van der Waals surface area (Å²) in [5, 5.41) is 0. The summed E-state index contributed by atoms with van der Waals surface area (Å²) in [5.41, 5.74) is 0. The monoisotopic (exact) mass is 122 g/mol. The summed E-state index contributed by atoms with van der Waals surface area (Å²) >= 11 is 0. The van der Waals surface area contributed by atoms with Crippen molar-refractivity contribution in [2.45, 2.75) is 0 Å². The van der Waals surface area contributed by atoms with Gasteiger partial charge in [-0.2, -0.15) is 0 Å². The van der Waals surface area contributed by atoms with Gasteiger partial charge < -0.3 is 4.90 Å². The summed E-state index contributed by atoms with van der Waals surface area (Å²) in [4.78, 5) is 9.43. The number of rotatable bonds is 1. The van der Waals surface area contributed by atoms with Crippen LogP contribution in [0.2, 0.25) is 0 Å². The van der Waals surface area contributed by atoms with Crippen LogP contribution in [0, 0.1) is 6.33 Å². The molecule has 1 radical (unpaired) electrons. The molecule has 3 nitrogen and oxygen atoms in total. The fourth-order valence-corrected chi connectivity index (χ4v) is 0.504. The standard InChI is InChI=1S/C6H8N3/c1-9(2)6-3-4-7-5-8-6/h3-4H,1-2H3. The summed E-state index contributed by atoms with van der Waals surface area (Å²) < 4.78 is 0. The summed E-state index contributed by atoms with van der Waals surface area (Å²) in [6.45, 7) is 0. The molecule has 0 saturated heterocycles. The Hall–Kier alpha value is -1.12. The van der Waals surface area contributed by atoms with Gasteiger partial charge in [-0.1, -0.05) is 0 Å². The van der Waals surface area contributed by atoms with E-state index in [1.54, 1.807) is 6.20 Å². The minimum absolute atomic E-state index is 0.880. The molecular formula is C6H8N3. The zero-order valence-electron chi connectivity index (χ0n) is 5.50. The summed E-state index contributed by atoms with van der Waals surface area (Å²) in [5.74, 6) is 0.880. The fourth-order valence-electron chi connectivity index (χ4n) is 0.504. The van der Waals surface area contributed by atoms with Gasteiger partial charge in [0, 0.05) is 20.3 Å². The van der Waals surface area contributed by atoms with Crippen molar-refractivity contribution in [1.29, 1.82) is 0 Å². The third kappa shape index (κ3) is 1.38. The van der Waals surface area contributed by atoms with Crippen molar-refractivity contribution < 1.29 is 0 Å². The van der Waals surface area contributed by atoms with E-state index in [9.17, 15) is 0 Å². The first-order valence-electron chi connectivity index (χ1n) is 2.67. The Morgan fingerprint density at radius 1 is 1.56 bits per heavy atom. The normalized spacial score (nSPS) is 9.11. The van der Waals surface area contributed by atoms with Crippen LogP contribution < -0.4 is 4.90 Å². The molecule has 0 N–H and O–H groups in total. The van der Waals surface area contributed by atoms with Crippen molar-refractivity contribution in [3.63, 3.8) is 0 Å². The Morgan fingerprint density at radius 2 is 2.33 bits per heavy atom. The van der Waals surface area contributed by atoms with Crippen molar-refractivity contribution in [1.82, 2.24) is 9.97 Å². The quantitative estimate of drug-likeness (QED) is 0.538. The first kappa shape index (κ1) is 6.01. The lowest BCUT2D eigenvalue weighted by molar-refractivity contribution is 1.03. The molecule has 0 saturated carbocycles. The largest absolute Gasteiger partial charge is 0.363 e. The number of hydrogen-bond donors (Lipinski definition) is 0. The van der Waals surface area contributed by atoms with E-state index in [0.29, 0.717) is 0 Å². The molecule has 1 rings (SSSR count). The number of aromatic nitrogens is 2.